The number of aliphatic hydroxyl groups is 1. The van der Waals surface area contributed by atoms with Crippen LogP contribution in [0.3, 0.4) is 0 Å². The molecule has 0 saturated heterocycles. The van der Waals surface area contributed by atoms with Gasteiger partial charge in [0.1, 0.15) is 0 Å². The predicted molar refractivity (Wildman–Crippen MR) is 70.3 cm³/mol. The van der Waals surface area contributed by atoms with Crippen molar-refractivity contribution in [3.8, 4) is 0 Å². The fourth-order valence-electron chi connectivity index (χ4n) is 1.51. The van der Waals surface area contributed by atoms with E-state index in [2.05, 4.69) is 10.3 Å². The summed E-state index contributed by atoms with van der Waals surface area (Å²) >= 11 is 1.46. The second-order valence-corrected chi connectivity index (χ2v) is 4.71. The minimum Gasteiger partial charge on any atom is -0.392 e. The fourth-order valence-corrected chi connectivity index (χ4v) is 2.32. The molecule has 0 bridgehead atoms. The lowest BCUT2D eigenvalue weighted by Crippen LogP contribution is -2.09. The predicted octanol–water partition coefficient (Wildman–Crippen LogP) is 1.35. The second kappa shape index (κ2) is 5.61. The summed E-state index contributed by atoms with van der Waals surface area (Å²) in [5, 5.41) is 14.1. The number of carbonyl (C=O) groups is 1. The molecule has 0 atom stereocenters. The molecule has 94 valence electrons. The van der Waals surface area contributed by atoms with Crippen LogP contribution in [0.4, 0.5) is 5.69 Å². The van der Waals surface area contributed by atoms with Gasteiger partial charge < -0.3 is 16.2 Å². The monoisotopic (exact) mass is 263 g/mol. The first-order valence-corrected chi connectivity index (χ1v) is 6.23. The highest BCUT2D eigenvalue weighted by Crippen LogP contribution is 2.18. The fraction of sp³-hybridized carbons (Fsp3) is 0.167. The van der Waals surface area contributed by atoms with Crippen LogP contribution in [0.5, 0.6) is 0 Å². The number of aliphatic hydroxyl groups excluding tert-OH is 1. The van der Waals surface area contributed by atoms with Crippen molar-refractivity contribution in [2.24, 2.45) is 5.73 Å². The molecule has 5 nitrogen and oxygen atoms in total. The van der Waals surface area contributed by atoms with Gasteiger partial charge in [-0.1, -0.05) is 0 Å². The molecule has 2 heterocycles. The van der Waals surface area contributed by atoms with Crippen molar-refractivity contribution < 1.29 is 9.90 Å². The Morgan fingerprint density at radius 2 is 2.39 bits per heavy atom. The molecule has 2 aromatic rings. The first kappa shape index (κ1) is 12.5. The Bertz CT molecular complexity index is 554. The first-order valence-electron chi connectivity index (χ1n) is 5.35. The van der Waals surface area contributed by atoms with Gasteiger partial charge in [0.15, 0.2) is 0 Å². The molecular formula is C12H13N3O2S. The van der Waals surface area contributed by atoms with Crippen molar-refractivity contribution in [1.29, 1.82) is 0 Å². The molecule has 0 aliphatic heterocycles. The van der Waals surface area contributed by atoms with E-state index in [1.165, 1.54) is 11.3 Å². The van der Waals surface area contributed by atoms with E-state index in [0.29, 0.717) is 12.1 Å². The third-order valence-corrected chi connectivity index (χ3v) is 3.41. The molecule has 0 spiro atoms. The number of hydrogen-bond acceptors (Lipinski definition) is 5. The van der Waals surface area contributed by atoms with Crippen LogP contribution in [0.1, 0.15) is 20.8 Å². The van der Waals surface area contributed by atoms with Crippen molar-refractivity contribution >= 4 is 22.9 Å². The number of nitrogens with zero attached hydrogens (tertiary/aromatic N) is 1. The van der Waals surface area contributed by atoms with Crippen molar-refractivity contribution in [2.75, 3.05) is 5.32 Å². The average molecular weight is 263 g/mol. The summed E-state index contributed by atoms with van der Waals surface area (Å²) in [5.41, 5.74) is 7.28. The van der Waals surface area contributed by atoms with Crippen LogP contribution in [-0.2, 0) is 13.2 Å². The van der Waals surface area contributed by atoms with E-state index in [4.69, 9.17) is 10.8 Å². The molecule has 0 aliphatic rings. The van der Waals surface area contributed by atoms with Gasteiger partial charge in [0.05, 0.1) is 24.1 Å². The number of nitrogens with one attached hydrogen (secondary N) is 1. The molecule has 0 fully saturated rings. The number of aromatic nitrogens is 1. The van der Waals surface area contributed by atoms with Gasteiger partial charge in [-0.05, 0) is 12.1 Å². The highest BCUT2D eigenvalue weighted by molar-refractivity contribution is 7.10. The molecule has 0 aromatic carbocycles. The summed E-state index contributed by atoms with van der Waals surface area (Å²) in [4.78, 5) is 15.9. The summed E-state index contributed by atoms with van der Waals surface area (Å²) in [7, 11) is 0. The van der Waals surface area contributed by atoms with Gasteiger partial charge in [-0.3, -0.25) is 9.78 Å². The topological polar surface area (TPSA) is 88.2 Å². The lowest BCUT2D eigenvalue weighted by molar-refractivity contribution is 0.100. The number of anilines is 1. The van der Waals surface area contributed by atoms with E-state index in [-0.39, 0.29) is 6.61 Å². The van der Waals surface area contributed by atoms with Crippen LogP contribution in [-0.4, -0.2) is 16.0 Å². The summed E-state index contributed by atoms with van der Waals surface area (Å²) in [6.45, 7) is 0.526. The van der Waals surface area contributed by atoms with Gasteiger partial charge >= 0.3 is 0 Å². The number of pyridine rings is 1. The van der Waals surface area contributed by atoms with Crippen LogP contribution < -0.4 is 11.1 Å². The zero-order valence-corrected chi connectivity index (χ0v) is 10.4. The third kappa shape index (κ3) is 2.85. The molecule has 4 N–H and O–H groups in total. The largest absolute Gasteiger partial charge is 0.392 e. The van der Waals surface area contributed by atoms with Crippen molar-refractivity contribution in [3.05, 3.63) is 45.9 Å². The van der Waals surface area contributed by atoms with E-state index >= 15 is 0 Å². The number of amides is 1. The maximum atomic E-state index is 11.0. The number of carbonyl (C=O) groups excluding carboxylic acids is 1. The quantitative estimate of drug-likeness (QED) is 0.759. The molecule has 2 aromatic heterocycles. The summed E-state index contributed by atoms with van der Waals surface area (Å²) < 4.78 is 0. The standard InChI is InChI=1S/C12H13N3O2S/c13-12(17)9-3-10(18-7-9)4-15-11-5-14-2-1-8(11)6-16/h1-3,5,7,15-16H,4,6H2,(H2,13,17). The van der Waals surface area contributed by atoms with Crippen LogP contribution in [0.15, 0.2) is 29.9 Å². The minimum atomic E-state index is -0.421. The van der Waals surface area contributed by atoms with E-state index < -0.39 is 5.91 Å². The molecular weight excluding hydrogens is 250 g/mol. The van der Waals surface area contributed by atoms with Crippen LogP contribution in [0, 0.1) is 0 Å². The highest BCUT2D eigenvalue weighted by Gasteiger charge is 2.05. The summed E-state index contributed by atoms with van der Waals surface area (Å²) in [5.74, 6) is -0.421. The Morgan fingerprint density at radius 1 is 1.56 bits per heavy atom. The van der Waals surface area contributed by atoms with Gasteiger partial charge in [0, 0.05) is 28.6 Å². The maximum Gasteiger partial charge on any atom is 0.249 e. The molecule has 2 rings (SSSR count). The van der Waals surface area contributed by atoms with Crippen LogP contribution >= 0.6 is 11.3 Å². The Morgan fingerprint density at radius 3 is 3.06 bits per heavy atom. The van der Waals surface area contributed by atoms with E-state index in [9.17, 15) is 4.79 Å². The maximum absolute atomic E-state index is 11.0. The van der Waals surface area contributed by atoms with Crippen molar-refractivity contribution in [3.63, 3.8) is 0 Å². The van der Waals surface area contributed by atoms with Gasteiger partial charge in [-0.15, -0.1) is 11.3 Å². The molecule has 0 unspecified atom stereocenters. The average Bonchev–Trinajstić information content (AvgIpc) is 2.85. The molecule has 18 heavy (non-hydrogen) atoms. The second-order valence-electron chi connectivity index (χ2n) is 3.71. The lowest BCUT2D eigenvalue weighted by atomic mass is 10.2. The third-order valence-electron chi connectivity index (χ3n) is 2.47. The zero-order chi connectivity index (χ0) is 13.0. The SMILES string of the molecule is NC(=O)c1csc(CNc2cnccc2CO)c1. The van der Waals surface area contributed by atoms with Gasteiger partial charge in [0.25, 0.3) is 0 Å². The molecule has 0 radical (unpaired) electrons. The minimum absolute atomic E-state index is 0.0399. The molecule has 0 aliphatic carbocycles. The van der Waals surface area contributed by atoms with Gasteiger partial charge in [-0.25, -0.2) is 0 Å². The lowest BCUT2D eigenvalue weighted by Gasteiger charge is -2.08. The normalized spacial score (nSPS) is 10.3. The van der Waals surface area contributed by atoms with Crippen LogP contribution in [0.2, 0.25) is 0 Å². The number of hydrogen-bond donors (Lipinski definition) is 3. The highest BCUT2D eigenvalue weighted by atomic mass is 32.1. The number of thiophene rings is 1. The Labute approximate surface area is 108 Å². The van der Waals surface area contributed by atoms with E-state index in [1.54, 1.807) is 29.9 Å². The smallest absolute Gasteiger partial charge is 0.249 e. The molecule has 1 amide bonds. The van der Waals surface area contributed by atoms with E-state index in [0.717, 1.165) is 16.1 Å². The summed E-state index contributed by atoms with van der Waals surface area (Å²) in [6, 6.07) is 3.51. The molecule has 6 heteroatoms. The Balaban J connectivity index is 2.04. The first-order chi connectivity index (χ1) is 8.70. The Kier molecular flexibility index (Phi) is 3.91. The van der Waals surface area contributed by atoms with Crippen molar-refractivity contribution in [2.45, 2.75) is 13.2 Å². The zero-order valence-electron chi connectivity index (χ0n) is 9.59. The molecule has 0 saturated carbocycles. The van der Waals surface area contributed by atoms with Crippen molar-refractivity contribution in [1.82, 2.24) is 4.98 Å². The number of nitrogens with two attached hydrogens (primary N) is 1. The van der Waals surface area contributed by atoms with E-state index in [1.807, 2.05) is 0 Å². The van der Waals surface area contributed by atoms with Gasteiger partial charge in [0.2, 0.25) is 5.91 Å². The Hall–Kier alpha value is -1.92. The number of primary amides is 1. The summed E-state index contributed by atoms with van der Waals surface area (Å²) in [6.07, 6.45) is 3.29. The number of rotatable bonds is 5. The van der Waals surface area contributed by atoms with Gasteiger partial charge in [-0.2, -0.15) is 0 Å². The van der Waals surface area contributed by atoms with Crippen LogP contribution in [0.25, 0.3) is 0 Å².